The first-order valence-electron chi connectivity index (χ1n) is 23.2. The number of hydrogen-bond acceptors (Lipinski definition) is 2. The fourth-order valence-corrected chi connectivity index (χ4v) is 11.7. The quantitative estimate of drug-likeness (QED) is 0.171. The molecule has 2 nitrogen and oxygen atoms in total. The first kappa shape index (κ1) is 37.6. The second-order valence-corrected chi connectivity index (χ2v) is 17.9. The van der Waals surface area contributed by atoms with Crippen LogP contribution in [0.3, 0.4) is 0 Å². The molecular weight excluding hydrogens is 811 g/mol. The van der Waals surface area contributed by atoms with Crippen LogP contribution in [0.1, 0.15) is 22.3 Å². The van der Waals surface area contributed by atoms with Crippen LogP contribution in [-0.2, 0) is 5.41 Å². The summed E-state index contributed by atoms with van der Waals surface area (Å²) in [7, 11) is 0. The molecule has 0 bridgehead atoms. The van der Waals surface area contributed by atoms with Crippen LogP contribution in [0.25, 0.3) is 77.5 Å². The molecule has 1 spiro atoms. The molecule has 67 heavy (non-hydrogen) atoms. The van der Waals surface area contributed by atoms with Gasteiger partial charge in [0, 0.05) is 27.8 Å². The van der Waals surface area contributed by atoms with Crippen LogP contribution in [0.15, 0.2) is 249 Å². The van der Waals surface area contributed by atoms with Crippen molar-refractivity contribution in [2.24, 2.45) is 0 Å². The first-order valence-corrected chi connectivity index (χ1v) is 23.2. The molecule has 0 atom stereocenters. The second kappa shape index (κ2) is 14.7. The summed E-state index contributed by atoms with van der Waals surface area (Å²) in [5.74, 6) is 1.69. The molecule has 0 radical (unpaired) electrons. The number of benzene rings is 11. The van der Waals surface area contributed by atoms with Crippen LogP contribution in [-0.4, -0.2) is 0 Å². The molecule has 2 aliphatic carbocycles. The summed E-state index contributed by atoms with van der Waals surface area (Å²) in [6, 6.07) is 91.1. The first-order chi connectivity index (χ1) is 33.3. The minimum atomic E-state index is -0.468. The third-order valence-electron chi connectivity index (χ3n) is 14.5. The maximum atomic E-state index is 7.08. The third kappa shape index (κ3) is 5.45. The van der Waals surface area contributed by atoms with E-state index >= 15 is 0 Å². The predicted molar refractivity (Wildman–Crippen MR) is 277 cm³/mol. The lowest BCUT2D eigenvalue weighted by Gasteiger charge is -2.32. The van der Waals surface area contributed by atoms with Gasteiger partial charge in [0.15, 0.2) is 0 Å². The fourth-order valence-electron chi connectivity index (χ4n) is 11.7. The van der Waals surface area contributed by atoms with Gasteiger partial charge < -0.3 is 9.64 Å². The summed E-state index contributed by atoms with van der Waals surface area (Å²) < 4.78 is 7.08. The van der Waals surface area contributed by atoms with Gasteiger partial charge in [-0.05, 0) is 126 Å². The topological polar surface area (TPSA) is 12.5 Å². The molecule has 0 fully saturated rings. The van der Waals surface area contributed by atoms with Crippen LogP contribution < -0.4 is 9.64 Å². The minimum absolute atomic E-state index is 0.468. The van der Waals surface area contributed by atoms with Gasteiger partial charge in [-0.2, -0.15) is 0 Å². The monoisotopic (exact) mass is 851 g/mol. The lowest BCUT2D eigenvalue weighted by atomic mass is 9.70. The maximum Gasteiger partial charge on any atom is 0.135 e. The molecule has 312 valence electrons. The van der Waals surface area contributed by atoms with E-state index in [0.717, 1.165) is 72.7 Å². The molecule has 11 aromatic rings. The summed E-state index contributed by atoms with van der Waals surface area (Å²) in [6.45, 7) is 0. The fraction of sp³-hybridized carbons (Fsp3) is 0.0154. The molecule has 1 heterocycles. The van der Waals surface area contributed by atoms with Crippen LogP contribution in [0, 0.1) is 0 Å². The Hall–Kier alpha value is -8.72. The van der Waals surface area contributed by atoms with Crippen molar-refractivity contribution in [2.45, 2.75) is 5.41 Å². The molecule has 14 rings (SSSR count). The normalized spacial score (nSPS) is 13.0. The summed E-state index contributed by atoms with van der Waals surface area (Å²) in [5.41, 5.74) is 22.4. The Bertz CT molecular complexity index is 3730. The third-order valence-corrected chi connectivity index (χ3v) is 14.5. The van der Waals surface area contributed by atoms with Crippen molar-refractivity contribution in [3.05, 3.63) is 271 Å². The number of nitrogens with zero attached hydrogens (tertiary/aromatic N) is 1. The van der Waals surface area contributed by atoms with Crippen molar-refractivity contribution in [1.82, 2.24) is 0 Å². The van der Waals surface area contributed by atoms with E-state index < -0.39 is 5.41 Å². The van der Waals surface area contributed by atoms with Gasteiger partial charge in [-0.3, -0.25) is 0 Å². The lowest BCUT2D eigenvalue weighted by Crippen LogP contribution is -2.26. The van der Waals surface area contributed by atoms with Crippen molar-refractivity contribution in [2.75, 3.05) is 4.90 Å². The number of ether oxygens (including phenoxy) is 1. The van der Waals surface area contributed by atoms with Crippen molar-refractivity contribution in [3.8, 4) is 78.3 Å². The molecule has 0 aromatic heterocycles. The van der Waals surface area contributed by atoms with Gasteiger partial charge in [-0.1, -0.05) is 200 Å². The highest BCUT2D eigenvalue weighted by atomic mass is 16.5. The van der Waals surface area contributed by atoms with Crippen molar-refractivity contribution < 1.29 is 4.74 Å². The second-order valence-electron chi connectivity index (χ2n) is 17.9. The molecule has 0 saturated carbocycles. The Balaban J connectivity index is 1.02. The van der Waals surface area contributed by atoms with Gasteiger partial charge in [0.05, 0.1) is 16.8 Å². The standard InChI is InChI=1S/C65H41NO/c1-3-17-42(18-4-1)44-33-36-46(37-34-44)66(60-32-16-30-58-64(60)54-25-11-14-29-57(54)65(58)55-27-12-9-22-48(55)49-23-10-13-28-56(49)65)59-31-15-26-53-50(59)39-40-61-63(53)52-24-8-7-21-47(52)51-38-35-45(41-62(51)67-61)43-19-5-2-6-20-43/h1-41H. The van der Waals surface area contributed by atoms with Gasteiger partial charge in [0.1, 0.15) is 11.5 Å². The molecule has 11 aromatic carbocycles. The Morgan fingerprint density at radius 2 is 0.806 bits per heavy atom. The largest absolute Gasteiger partial charge is 0.456 e. The van der Waals surface area contributed by atoms with E-state index in [1.807, 2.05) is 0 Å². The van der Waals surface area contributed by atoms with Gasteiger partial charge in [-0.15, -0.1) is 0 Å². The molecule has 0 unspecified atom stereocenters. The van der Waals surface area contributed by atoms with E-state index in [1.54, 1.807) is 0 Å². The van der Waals surface area contributed by atoms with E-state index in [4.69, 9.17) is 4.74 Å². The van der Waals surface area contributed by atoms with E-state index in [0.29, 0.717) is 0 Å². The van der Waals surface area contributed by atoms with Gasteiger partial charge in [-0.25, -0.2) is 0 Å². The molecule has 2 heteroatoms. The molecular formula is C65H41NO. The smallest absolute Gasteiger partial charge is 0.135 e. The van der Waals surface area contributed by atoms with Gasteiger partial charge in [0.25, 0.3) is 0 Å². The zero-order valence-corrected chi connectivity index (χ0v) is 36.5. The van der Waals surface area contributed by atoms with Crippen molar-refractivity contribution in [3.63, 3.8) is 0 Å². The number of anilines is 3. The number of hydrogen-bond donors (Lipinski definition) is 0. The average molecular weight is 852 g/mol. The Morgan fingerprint density at radius 1 is 0.284 bits per heavy atom. The van der Waals surface area contributed by atoms with Crippen LogP contribution >= 0.6 is 0 Å². The van der Waals surface area contributed by atoms with Crippen molar-refractivity contribution >= 4 is 27.8 Å². The van der Waals surface area contributed by atoms with E-state index in [9.17, 15) is 0 Å². The molecule has 3 aliphatic rings. The van der Waals surface area contributed by atoms with Crippen molar-refractivity contribution in [1.29, 1.82) is 0 Å². The summed E-state index contributed by atoms with van der Waals surface area (Å²) in [5, 5.41) is 2.27. The van der Waals surface area contributed by atoms with Crippen LogP contribution in [0.5, 0.6) is 11.5 Å². The number of fused-ring (bicyclic) bond motifs is 17. The molecule has 1 aliphatic heterocycles. The summed E-state index contributed by atoms with van der Waals surface area (Å²) >= 11 is 0. The van der Waals surface area contributed by atoms with E-state index in [2.05, 4.69) is 254 Å². The Kier molecular flexibility index (Phi) is 8.23. The van der Waals surface area contributed by atoms with Crippen LogP contribution in [0.2, 0.25) is 0 Å². The SMILES string of the molecule is c1ccc(-c2ccc(N(c3cccc4c3-c3ccccc3C43c4ccccc4-c4ccccc43)c3cccc4c5c(ccc34)Oc3cc(-c4ccccc4)ccc3-c3ccccc3-5)cc2)cc1. The highest BCUT2D eigenvalue weighted by Gasteiger charge is 2.52. The molecule has 0 N–H and O–H groups in total. The van der Waals surface area contributed by atoms with E-state index in [-0.39, 0.29) is 0 Å². The molecule has 0 saturated heterocycles. The van der Waals surface area contributed by atoms with Crippen LogP contribution in [0.4, 0.5) is 17.1 Å². The highest BCUT2D eigenvalue weighted by Crippen LogP contribution is 2.65. The molecule has 0 amide bonds. The zero-order chi connectivity index (χ0) is 44.1. The van der Waals surface area contributed by atoms with E-state index in [1.165, 1.54) is 55.6 Å². The minimum Gasteiger partial charge on any atom is -0.456 e. The average Bonchev–Trinajstić information content (AvgIpc) is 3.82. The lowest BCUT2D eigenvalue weighted by molar-refractivity contribution is 0.488. The summed E-state index contributed by atoms with van der Waals surface area (Å²) in [6.07, 6.45) is 0. The zero-order valence-electron chi connectivity index (χ0n) is 36.5. The predicted octanol–water partition coefficient (Wildman–Crippen LogP) is 17.4. The van der Waals surface area contributed by atoms with Gasteiger partial charge >= 0.3 is 0 Å². The summed E-state index contributed by atoms with van der Waals surface area (Å²) in [4.78, 5) is 2.51. The van der Waals surface area contributed by atoms with Gasteiger partial charge in [0.2, 0.25) is 0 Å². The Labute approximate surface area is 390 Å². The maximum absolute atomic E-state index is 7.08. The number of rotatable bonds is 5. The Morgan fingerprint density at radius 3 is 1.51 bits per heavy atom. The highest BCUT2D eigenvalue weighted by molar-refractivity contribution is 6.11.